The van der Waals surface area contributed by atoms with Crippen LogP contribution in [-0.2, 0) is 14.3 Å². The van der Waals surface area contributed by atoms with E-state index in [2.05, 4.69) is 13.8 Å². The van der Waals surface area contributed by atoms with E-state index in [1.807, 2.05) is 0 Å². The van der Waals surface area contributed by atoms with Crippen molar-refractivity contribution in [3.8, 4) is 0 Å². The summed E-state index contributed by atoms with van der Waals surface area (Å²) in [4.78, 5) is 24.8. The second-order valence-corrected chi connectivity index (χ2v) is 10.8. The highest BCUT2D eigenvalue weighted by atomic mass is 16.5. The van der Waals surface area contributed by atoms with Crippen LogP contribution in [0.3, 0.4) is 0 Å². The lowest BCUT2D eigenvalue weighted by Crippen LogP contribution is -2.57. The third-order valence-electron chi connectivity index (χ3n) is 9.80. The van der Waals surface area contributed by atoms with Crippen molar-refractivity contribution in [3.63, 3.8) is 0 Å². The van der Waals surface area contributed by atoms with Crippen LogP contribution in [0.1, 0.15) is 84.5 Å². The van der Waals surface area contributed by atoms with Crippen molar-refractivity contribution >= 4 is 11.8 Å². The van der Waals surface area contributed by atoms with Gasteiger partial charge in [0.2, 0.25) is 0 Å². The van der Waals surface area contributed by atoms with Crippen molar-refractivity contribution < 1.29 is 19.4 Å². The lowest BCUT2D eigenvalue weighted by Gasteiger charge is -2.60. The average molecular weight is 391 g/mol. The molecule has 4 heteroatoms. The van der Waals surface area contributed by atoms with Gasteiger partial charge in [-0.25, -0.2) is 0 Å². The molecule has 1 N–H and O–H groups in total. The summed E-state index contributed by atoms with van der Waals surface area (Å²) in [6, 6.07) is 0. The number of fused-ring (bicyclic) bond motifs is 5. The minimum atomic E-state index is -0.207. The highest BCUT2D eigenvalue weighted by molar-refractivity contribution is 5.83. The summed E-state index contributed by atoms with van der Waals surface area (Å²) in [5, 5.41) is 10.2. The van der Waals surface area contributed by atoms with Crippen LogP contribution < -0.4 is 0 Å². The van der Waals surface area contributed by atoms with E-state index in [9.17, 15) is 14.7 Å². The summed E-state index contributed by atoms with van der Waals surface area (Å²) >= 11 is 0. The van der Waals surface area contributed by atoms with Gasteiger partial charge in [-0.3, -0.25) is 9.59 Å². The molecular formula is C24H38O4. The SMILES string of the molecule is COC(=O)CCCC1CCC2C3C(=O)CC4CC(O)CCC4(C)C3CCC12C. The van der Waals surface area contributed by atoms with Crippen molar-refractivity contribution in [2.24, 2.45) is 40.4 Å². The van der Waals surface area contributed by atoms with Gasteiger partial charge in [-0.1, -0.05) is 13.8 Å². The number of Topliss-reactive ketones (excluding diaryl/α,β-unsaturated/α-hetero) is 1. The van der Waals surface area contributed by atoms with Gasteiger partial charge in [0.05, 0.1) is 13.2 Å². The van der Waals surface area contributed by atoms with Crippen molar-refractivity contribution in [2.75, 3.05) is 7.11 Å². The molecule has 4 saturated carbocycles. The van der Waals surface area contributed by atoms with E-state index in [0.29, 0.717) is 42.3 Å². The summed E-state index contributed by atoms with van der Waals surface area (Å²) in [6.45, 7) is 4.87. The summed E-state index contributed by atoms with van der Waals surface area (Å²) < 4.78 is 4.80. The molecule has 0 aliphatic heterocycles. The number of ether oxygens (including phenoxy) is 1. The molecule has 4 nitrogen and oxygen atoms in total. The number of aliphatic hydroxyl groups is 1. The Hall–Kier alpha value is -0.900. The maximum absolute atomic E-state index is 13.3. The first-order chi connectivity index (χ1) is 13.3. The van der Waals surface area contributed by atoms with Gasteiger partial charge in [-0.05, 0) is 92.3 Å². The van der Waals surface area contributed by atoms with E-state index in [1.165, 1.54) is 32.8 Å². The lowest BCUT2D eigenvalue weighted by molar-refractivity contribution is -0.160. The first kappa shape index (κ1) is 20.4. The maximum Gasteiger partial charge on any atom is 0.305 e. The molecule has 0 heterocycles. The molecule has 0 radical (unpaired) electrons. The highest BCUT2D eigenvalue weighted by Gasteiger charge is 2.62. The summed E-state index contributed by atoms with van der Waals surface area (Å²) in [5.74, 6) is 2.67. The summed E-state index contributed by atoms with van der Waals surface area (Å²) in [5.41, 5.74) is 0.492. The van der Waals surface area contributed by atoms with Gasteiger partial charge in [0, 0.05) is 18.8 Å². The Morgan fingerprint density at radius 2 is 1.82 bits per heavy atom. The van der Waals surface area contributed by atoms with Crippen LogP contribution in [0.4, 0.5) is 0 Å². The van der Waals surface area contributed by atoms with Gasteiger partial charge in [-0.2, -0.15) is 0 Å². The monoisotopic (exact) mass is 390 g/mol. The number of carbonyl (C=O) groups excluding carboxylic acids is 2. The Labute approximate surface area is 169 Å². The fraction of sp³-hybridized carbons (Fsp3) is 0.917. The molecule has 4 aliphatic rings. The Morgan fingerprint density at radius 1 is 1.11 bits per heavy atom. The fourth-order valence-corrected chi connectivity index (χ4v) is 8.09. The van der Waals surface area contributed by atoms with E-state index < -0.39 is 0 Å². The van der Waals surface area contributed by atoms with E-state index in [4.69, 9.17) is 4.74 Å². The fourth-order valence-electron chi connectivity index (χ4n) is 8.09. The molecule has 0 amide bonds. The molecule has 0 aromatic heterocycles. The van der Waals surface area contributed by atoms with Crippen LogP contribution in [0, 0.1) is 40.4 Å². The van der Waals surface area contributed by atoms with Crippen LogP contribution in [0.25, 0.3) is 0 Å². The standard InChI is InChI=1S/C24H38O4/c1-23-12-10-19-22(18(23)8-7-15(23)5-4-6-21(27)28-3)20(26)14-16-13-17(25)9-11-24(16,19)2/h15-19,22,25H,4-14H2,1-3H3. The van der Waals surface area contributed by atoms with Crippen LogP contribution in [0.5, 0.6) is 0 Å². The number of ketones is 1. The van der Waals surface area contributed by atoms with Gasteiger partial charge in [0.25, 0.3) is 0 Å². The number of carbonyl (C=O) groups is 2. The van der Waals surface area contributed by atoms with E-state index in [-0.39, 0.29) is 28.8 Å². The lowest BCUT2D eigenvalue weighted by atomic mass is 9.44. The zero-order chi connectivity index (χ0) is 20.1. The molecule has 28 heavy (non-hydrogen) atoms. The van der Waals surface area contributed by atoms with Crippen molar-refractivity contribution in [2.45, 2.75) is 90.6 Å². The molecule has 8 atom stereocenters. The summed E-state index contributed by atoms with van der Waals surface area (Å²) in [7, 11) is 1.46. The first-order valence-corrected chi connectivity index (χ1v) is 11.6. The third-order valence-corrected chi connectivity index (χ3v) is 9.80. The minimum Gasteiger partial charge on any atom is -0.469 e. The van der Waals surface area contributed by atoms with Crippen LogP contribution in [0.15, 0.2) is 0 Å². The average Bonchev–Trinajstić information content (AvgIpc) is 2.99. The molecule has 4 aliphatic carbocycles. The number of aliphatic hydroxyl groups excluding tert-OH is 1. The van der Waals surface area contributed by atoms with E-state index >= 15 is 0 Å². The Balaban J connectivity index is 1.50. The van der Waals surface area contributed by atoms with Gasteiger partial charge >= 0.3 is 5.97 Å². The molecule has 0 spiro atoms. The minimum absolute atomic E-state index is 0.107. The zero-order valence-corrected chi connectivity index (χ0v) is 17.9. The number of hydrogen-bond acceptors (Lipinski definition) is 4. The van der Waals surface area contributed by atoms with Crippen molar-refractivity contribution in [1.82, 2.24) is 0 Å². The predicted molar refractivity (Wildman–Crippen MR) is 107 cm³/mol. The second kappa shape index (κ2) is 7.41. The van der Waals surface area contributed by atoms with Crippen LogP contribution >= 0.6 is 0 Å². The number of esters is 1. The number of hydrogen-bond donors (Lipinski definition) is 1. The van der Waals surface area contributed by atoms with Gasteiger partial charge in [-0.15, -0.1) is 0 Å². The van der Waals surface area contributed by atoms with Crippen LogP contribution in [-0.4, -0.2) is 30.1 Å². The smallest absolute Gasteiger partial charge is 0.305 e. The normalized spacial score (nSPS) is 47.8. The van der Waals surface area contributed by atoms with Gasteiger partial charge < -0.3 is 9.84 Å². The van der Waals surface area contributed by atoms with Gasteiger partial charge in [0.1, 0.15) is 5.78 Å². The number of methoxy groups -OCH3 is 1. The Morgan fingerprint density at radius 3 is 2.57 bits per heavy atom. The zero-order valence-electron chi connectivity index (χ0n) is 17.9. The molecule has 0 saturated heterocycles. The molecule has 0 aromatic rings. The third kappa shape index (κ3) is 3.14. The van der Waals surface area contributed by atoms with E-state index in [0.717, 1.165) is 32.1 Å². The highest BCUT2D eigenvalue weighted by Crippen LogP contribution is 2.67. The Kier molecular flexibility index (Phi) is 5.39. The van der Waals surface area contributed by atoms with Gasteiger partial charge in [0.15, 0.2) is 0 Å². The largest absolute Gasteiger partial charge is 0.469 e. The van der Waals surface area contributed by atoms with E-state index in [1.54, 1.807) is 0 Å². The number of rotatable bonds is 4. The van der Waals surface area contributed by atoms with Crippen LogP contribution in [0.2, 0.25) is 0 Å². The maximum atomic E-state index is 13.3. The molecule has 8 unspecified atom stereocenters. The topological polar surface area (TPSA) is 63.6 Å². The second-order valence-electron chi connectivity index (χ2n) is 10.8. The molecule has 4 rings (SSSR count). The Bertz CT molecular complexity index is 630. The quantitative estimate of drug-likeness (QED) is 0.717. The first-order valence-electron chi connectivity index (χ1n) is 11.6. The predicted octanol–water partition coefficient (Wildman–Crippen LogP) is 4.53. The molecular weight excluding hydrogens is 352 g/mol. The molecule has 158 valence electrons. The van der Waals surface area contributed by atoms with Crippen molar-refractivity contribution in [3.05, 3.63) is 0 Å². The molecule has 0 aromatic carbocycles. The summed E-state index contributed by atoms with van der Waals surface area (Å²) in [6.07, 6.45) is 10.6. The molecule has 4 fully saturated rings. The van der Waals surface area contributed by atoms with Crippen molar-refractivity contribution in [1.29, 1.82) is 0 Å². The molecule has 0 bridgehead atoms.